The lowest BCUT2D eigenvalue weighted by molar-refractivity contribution is -0.141. The van der Waals surface area contributed by atoms with Gasteiger partial charge in [0.1, 0.15) is 6.04 Å². The smallest absolute Gasteiger partial charge is 0.243 e. The Bertz CT molecular complexity index is 1740. The monoisotopic (exact) mass is 651 g/mol. The summed E-state index contributed by atoms with van der Waals surface area (Å²) in [6.45, 7) is -0.476. The number of sulfonamides is 1. The summed E-state index contributed by atoms with van der Waals surface area (Å²) in [5, 5.41) is 5.63. The second-order valence-corrected chi connectivity index (χ2v) is 14.1. The first-order valence-electron chi connectivity index (χ1n) is 14.6. The van der Waals surface area contributed by atoms with Crippen LogP contribution in [0, 0.1) is 0 Å². The van der Waals surface area contributed by atoms with Crippen molar-refractivity contribution in [3.63, 3.8) is 0 Å². The quantitative estimate of drug-likeness (QED) is 0.201. The molecule has 1 aliphatic rings. The number of nitrogens with one attached hydrogen (secondary N) is 1. The molecule has 0 aliphatic heterocycles. The molecular formula is C34H35Cl2N3O4S. The van der Waals surface area contributed by atoms with Crippen molar-refractivity contribution in [1.82, 2.24) is 14.5 Å². The number of hydrogen-bond donors (Lipinski definition) is 1. The van der Waals surface area contributed by atoms with Crippen LogP contribution in [-0.4, -0.2) is 55.1 Å². The van der Waals surface area contributed by atoms with E-state index in [0.29, 0.717) is 15.6 Å². The van der Waals surface area contributed by atoms with Crippen LogP contribution in [0.2, 0.25) is 10.0 Å². The van der Waals surface area contributed by atoms with Crippen molar-refractivity contribution in [2.75, 3.05) is 13.6 Å². The van der Waals surface area contributed by atoms with Gasteiger partial charge in [-0.2, -0.15) is 4.31 Å². The zero-order valence-corrected chi connectivity index (χ0v) is 26.8. The number of likely N-dealkylation sites (N-methyl/N-ethyl adjacent to an activating group) is 1. The van der Waals surface area contributed by atoms with Gasteiger partial charge in [0.25, 0.3) is 0 Å². The first-order chi connectivity index (χ1) is 21.1. The zero-order chi connectivity index (χ0) is 31.3. The molecule has 0 unspecified atom stereocenters. The van der Waals surface area contributed by atoms with Crippen LogP contribution in [0.4, 0.5) is 0 Å². The normalized spacial score (nSPS) is 14.5. The number of benzene rings is 4. The van der Waals surface area contributed by atoms with Crippen LogP contribution in [0.3, 0.4) is 0 Å². The standard InChI is InChI=1S/C34H35Cl2N3O4S/c1-38(44(42,43)30-18-16-25-11-5-6-12-26(25)20-30)23-33(40)39(22-27-15-17-28(35)21-31(27)36)32(19-24-9-3-2-4-10-24)34(41)37-29-13-7-8-14-29/h2-6,9-12,15-18,20-21,29,32H,7-8,13-14,19,22-23H2,1H3,(H,37,41)/t32-/m1/s1. The van der Waals surface area contributed by atoms with Crippen LogP contribution in [-0.2, 0) is 32.6 Å². The molecule has 7 nitrogen and oxygen atoms in total. The van der Waals surface area contributed by atoms with E-state index in [1.165, 1.54) is 18.0 Å². The Morgan fingerprint density at radius 1 is 0.886 bits per heavy atom. The van der Waals surface area contributed by atoms with Gasteiger partial charge in [-0.05, 0) is 59.0 Å². The Morgan fingerprint density at radius 2 is 1.57 bits per heavy atom. The second kappa shape index (κ2) is 14.1. The van der Waals surface area contributed by atoms with E-state index in [1.807, 2.05) is 54.6 Å². The Morgan fingerprint density at radius 3 is 2.27 bits per heavy atom. The number of halogens is 2. The van der Waals surface area contributed by atoms with E-state index in [4.69, 9.17) is 23.2 Å². The summed E-state index contributed by atoms with van der Waals surface area (Å²) in [5.74, 6) is -0.801. The third-order valence-corrected chi connectivity index (χ3v) is 10.5. The second-order valence-electron chi connectivity index (χ2n) is 11.2. The number of carbonyl (C=O) groups excluding carboxylic acids is 2. The van der Waals surface area contributed by atoms with E-state index in [0.717, 1.165) is 46.3 Å². The summed E-state index contributed by atoms with van der Waals surface area (Å²) < 4.78 is 28.3. The summed E-state index contributed by atoms with van der Waals surface area (Å²) in [5.41, 5.74) is 1.47. The van der Waals surface area contributed by atoms with Gasteiger partial charge >= 0.3 is 0 Å². The molecule has 1 fully saturated rings. The highest BCUT2D eigenvalue weighted by Crippen LogP contribution is 2.26. The molecule has 0 radical (unpaired) electrons. The Kier molecular flexibility index (Phi) is 10.3. The highest BCUT2D eigenvalue weighted by Gasteiger charge is 2.34. The number of fused-ring (bicyclic) bond motifs is 1. The van der Waals surface area contributed by atoms with E-state index in [9.17, 15) is 18.0 Å². The number of hydrogen-bond acceptors (Lipinski definition) is 4. The lowest BCUT2D eigenvalue weighted by Gasteiger charge is -2.33. The summed E-state index contributed by atoms with van der Waals surface area (Å²) in [6.07, 6.45) is 4.09. The van der Waals surface area contributed by atoms with Crippen LogP contribution in [0.5, 0.6) is 0 Å². The van der Waals surface area contributed by atoms with Crippen molar-refractivity contribution < 1.29 is 18.0 Å². The third-order valence-electron chi connectivity index (χ3n) is 8.12. The molecule has 4 aromatic rings. The summed E-state index contributed by atoms with van der Waals surface area (Å²) in [6, 6.07) is 25.9. The van der Waals surface area contributed by atoms with E-state index >= 15 is 0 Å². The van der Waals surface area contributed by atoms with Crippen molar-refractivity contribution in [2.24, 2.45) is 0 Å². The van der Waals surface area contributed by atoms with Gasteiger partial charge < -0.3 is 10.2 Å². The van der Waals surface area contributed by atoms with Crippen LogP contribution in [0.15, 0.2) is 95.9 Å². The Labute approximate surface area is 268 Å². The molecule has 0 saturated heterocycles. The first kappa shape index (κ1) is 32.0. The van der Waals surface area contributed by atoms with E-state index < -0.39 is 28.5 Å². The molecule has 1 saturated carbocycles. The fourth-order valence-corrected chi connectivity index (χ4v) is 7.25. The topological polar surface area (TPSA) is 86.8 Å². The largest absolute Gasteiger partial charge is 0.352 e. The van der Waals surface area contributed by atoms with Crippen molar-refractivity contribution in [1.29, 1.82) is 0 Å². The molecule has 4 aromatic carbocycles. The molecule has 2 amide bonds. The molecule has 0 heterocycles. The lowest BCUT2D eigenvalue weighted by atomic mass is 10.0. The molecule has 230 valence electrons. The van der Waals surface area contributed by atoms with Gasteiger partial charge in [-0.1, -0.05) is 103 Å². The molecule has 5 rings (SSSR count). The zero-order valence-electron chi connectivity index (χ0n) is 24.5. The van der Waals surface area contributed by atoms with Gasteiger partial charge in [0.15, 0.2) is 0 Å². The lowest BCUT2D eigenvalue weighted by Crippen LogP contribution is -2.54. The van der Waals surface area contributed by atoms with Gasteiger partial charge in [0.2, 0.25) is 21.8 Å². The van der Waals surface area contributed by atoms with Crippen LogP contribution in [0.1, 0.15) is 36.8 Å². The van der Waals surface area contributed by atoms with Gasteiger partial charge in [-0.3, -0.25) is 9.59 Å². The van der Waals surface area contributed by atoms with Crippen molar-refractivity contribution >= 4 is 55.8 Å². The molecule has 0 spiro atoms. The summed E-state index contributed by atoms with van der Waals surface area (Å²) in [7, 11) is -2.65. The number of amides is 2. The maximum atomic E-state index is 14.2. The van der Waals surface area contributed by atoms with E-state index in [2.05, 4.69) is 5.32 Å². The molecule has 0 bridgehead atoms. The fourth-order valence-electron chi connectivity index (χ4n) is 5.63. The molecule has 1 aliphatic carbocycles. The molecular weight excluding hydrogens is 617 g/mol. The Hall–Kier alpha value is -3.43. The number of carbonyl (C=O) groups is 2. The van der Waals surface area contributed by atoms with Gasteiger partial charge in [0, 0.05) is 36.1 Å². The highest BCUT2D eigenvalue weighted by molar-refractivity contribution is 7.89. The number of nitrogens with zero attached hydrogens (tertiary/aromatic N) is 2. The van der Waals surface area contributed by atoms with Crippen molar-refractivity contribution in [3.05, 3.63) is 112 Å². The fraction of sp³-hybridized carbons (Fsp3) is 0.294. The minimum atomic E-state index is -4.03. The summed E-state index contributed by atoms with van der Waals surface area (Å²) >= 11 is 12.7. The minimum Gasteiger partial charge on any atom is -0.352 e. The van der Waals surface area contributed by atoms with Crippen LogP contribution >= 0.6 is 23.2 Å². The molecule has 1 N–H and O–H groups in total. The van der Waals surface area contributed by atoms with Gasteiger partial charge in [0.05, 0.1) is 11.4 Å². The van der Waals surface area contributed by atoms with Gasteiger partial charge in [-0.15, -0.1) is 0 Å². The number of rotatable bonds is 11. The highest BCUT2D eigenvalue weighted by atomic mass is 35.5. The maximum absolute atomic E-state index is 14.2. The van der Waals surface area contributed by atoms with E-state index in [1.54, 1.807) is 30.3 Å². The third kappa shape index (κ3) is 7.61. The SMILES string of the molecule is CN(CC(=O)N(Cc1ccc(Cl)cc1Cl)[C@H](Cc1ccccc1)C(=O)NC1CCCC1)S(=O)(=O)c1ccc2ccccc2c1. The Balaban J connectivity index is 1.47. The van der Waals surface area contributed by atoms with Crippen LogP contribution in [0.25, 0.3) is 10.8 Å². The van der Waals surface area contributed by atoms with Crippen LogP contribution < -0.4 is 5.32 Å². The van der Waals surface area contributed by atoms with Gasteiger partial charge in [-0.25, -0.2) is 8.42 Å². The predicted molar refractivity (Wildman–Crippen MR) is 175 cm³/mol. The van der Waals surface area contributed by atoms with Crippen molar-refractivity contribution in [2.45, 2.75) is 55.6 Å². The molecule has 10 heteroatoms. The minimum absolute atomic E-state index is 0.00567. The first-order valence-corrected chi connectivity index (χ1v) is 16.8. The molecule has 0 aromatic heterocycles. The molecule has 1 atom stereocenters. The molecule has 44 heavy (non-hydrogen) atoms. The van der Waals surface area contributed by atoms with E-state index in [-0.39, 0.29) is 29.8 Å². The summed E-state index contributed by atoms with van der Waals surface area (Å²) in [4.78, 5) is 29.6. The average molecular weight is 653 g/mol. The average Bonchev–Trinajstić information content (AvgIpc) is 3.53. The van der Waals surface area contributed by atoms with Crippen molar-refractivity contribution in [3.8, 4) is 0 Å². The predicted octanol–water partition coefficient (Wildman–Crippen LogP) is 6.47. The maximum Gasteiger partial charge on any atom is 0.243 e.